The second-order valence-corrected chi connectivity index (χ2v) is 7.89. The largest absolute Gasteiger partial charge is 0.346 e. The van der Waals surface area contributed by atoms with Crippen molar-refractivity contribution in [2.24, 2.45) is 0 Å². The van der Waals surface area contributed by atoms with Gasteiger partial charge in [0.15, 0.2) is 5.75 Å². The lowest BCUT2D eigenvalue weighted by atomic mass is 9.97. The molecule has 4 rings (SSSR count). The topological polar surface area (TPSA) is 103 Å². The van der Waals surface area contributed by atoms with Gasteiger partial charge in [-0.05, 0) is 18.6 Å². The van der Waals surface area contributed by atoms with Gasteiger partial charge in [-0.15, -0.1) is 0 Å². The van der Waals surface area contributed by atoms with E-state index in [9.17, 15) is 8.42 Å². The molecule has 24 heavy (non-hydrogen) atoms. The average molecular weight is 341 g/mol. The van der Waals surface area contributed by atoms with Gasteiger partial charge in [0.05, 0.1) is 11.8 Å². The zero-order valence-electron chi connectivity index (χ0n) is 12.8. The van der Waals surface area contributed by atoms with Crippen LogP contribution in [0.25, 0.3) is 21.8 Å². The molecule has 0 aromatic carbocycles. The monoisotopic (exact) mass is 341 g/mol. The van der Waals surface area contributed by atoms with Crippen LogP contribution in [0.4, 0.5) is 0 Å². The van der Waals surface area contributed by atoms with Gasteiger partial charge in [-0.3, -0.25) is 4.98 Å². The van der Waals surface area contributed by atoms with E-state index in [0.29, 0.717) is 19.5 Å². The first-order valence-electron chi connectivity index (χ1n) is 7.65. The lowest BCUT2D eigenvalue weighted by molar-refractivity contribution is 0.475. The highest BCUT2D eigenvalue weighted by Gasteiger charge is 2.33. The van der Waals surface area contributed by atoms with E-state index in [1.54, 1.807) is 18.5 Å². The van der Waals surface area contributed by atoms with Crippen molar-refractivity contribution in [1.82, 2.24) is 19.3 Å². The minimum Gasteiger partial charge on any atom is -0.346 e. The number of aromatic nitrogens is 3. The van der Waals surface area contributed by atoms with Crippen LogP contribution in [0, 0.1) is 11.3 Å². The number of hydrogen-bond acceptors (Lipinski definition) is 5. The van der Waals surface area contributed by atoms with E-state index in [1.807, 2.05) is 18.3 Å². The molecule has 7 nitrogen and oxygen atoms in total. The van der Waals surface area contributed by atoms with Crippen molar-refractivity contribution in [1.29, 1.82) is 5.26 Å². The van der Waals surface area contributed by atoms with Crippen molar-refractivity contribution in [3.63, 3.8) is 0 Å². The van der Waals surface area contributed by atoms with Gasteiger partial charge >= 0.3 is 0 Å². The first-order valence-corrected chi connectivity index (χ1v) is 9.26. The summed E-state index contributed by atoms with van der Waals surface area (Å²) in [5.41, 5.74) is 1.69. The summed E-state index contributed by atoms with van der Waals surface area (Å²) in [6.45, 7) is 0.790. The Morgan fingerprint density at radius 2 is 2.25 bits per heavy atom. The second-order valence-electron chi connectivity index (χ2n) is 5.92. The molecule has 0 spiro atoms. The molecule has 0 amide bonds. The van der Waals surface area contributed by atoms with Crippen LogP contribution in [-0.2, 0) is 10.0 Å². The predicted molar refractivity (Wildman–Crippen MR) is 89.7 cm³/mol. The van der Waals surface area contributed by atoms with E-state index in [-0.39, 0.29) is 5.92 Å². The summed E-state index contributed by atoms with van der Waals surface area (Å²) < 4.78 is 25.6. The normalized spacial score (nSPS) is 19.0. The standard InChI is InChI=1S/C16H15N5O2S/c17-4-8-24(22,23)21-7-3-12(10-21)15-14-11(1-5-18-15)9-20-16-13(14)2-6-19-16/h1-2,5-6,9,12H,3,7-8,10H2,(H,19,20). The van der Waals surface area contributed by atoms with Crippen LogP contribution >= 0.6 is 0 Å². The van der Waals surface area contributed by atoms with Gasteiger partial charge < -0.3 is 4.98 Å². The molecule has 4 heterocycles. The lowest BCUT2D eigenvalue weighted by Crippen LogP contribution is -2.30. The summed E-state index contributed by atoms with van der Waals surface area (Å²) in [6.07, 6.45) is 6.08. The number of H-pyrrole nitrogens is 1. The number of sulfonamides is 1. The molecule has 3 aromatic rings. The Labute approximate surface area is 139 Å². The number of nitrogens with zero attached hydrogens (tertiary/aromatic N) is 4. The van der Waals surface area contributed by atoms with Crippen LogP contribution < -0.4 is 0 Å². The Balaban J connectivity index is 1.78. The summed E-state index contributed by atoms with van der Waals surface area (Å²) in [4.78, 5) is 12.0. The fraction of sp³-hybridized carbons (Fsp3) is 0.312. The third-order valence-corrected chi connectivity index (χ3v) is 6.13. The van der Waals surface area contributed by atoms with Gasteiger partial charge in [0, 0.05) is 53.8 Å². The first kappa shape index (κ1) is 15.1. The Kier molecular flexibility index (Phi) is 3.48. The van der Waals surface area contributed by atoms with Gasteiger partial charge in [0.25, 0.3) is 0 Å². The number of nitriles is 1. The van der Waals surface area contributed by atoms with Gasteiger partial charge in [0.2, 0.25) is 10.0 Å². The van der Waals surface area contributed by atoms with Crippen molar-refractivity contribution >= 4 is 31.8 Å². The molecule has 3 aromatic heterocycles. The summed E-state index contributed by atoms with van der Waals surface area (Å²) >= 11 is 0. The van der Waals surface area contributed by atoms with E-state index >= 15 is 0 Å². The van der Waals surface area contributed by atoms with Gasteiger partial charge in [0.1, 0.15) is 5.65 Å². The zero-order chi connectivity index (χ0) is 16.7. The first-order chi connectivity index (χ1) is 11.6. The Hall–Kier alpha value is -2.50. The van der Waals surface area contributed by atoms with Crippen molar-refractivity contribution in [3.8, 4) is 6.07 Å². The highest BCUT2D eigenvalue weighted by atomic mass is 32.2. The number of rotatable bonds is 3. The number of fused-ring (bicyclic) bond motifs is 3. The van der Waals surface area contributed by atoms with Crippen molar-refractivity contribution in [2.45, 2.75) is 12.3 Å². The molecule has 1 unspecified atom stereocenters. The molecular formula is C16H15N5O2S. The minimum atomic E-state index is -3.51. The number of pyridine rings is 2. The van der Waals surface area contributed by atoms with Crippen LogP contribution in [0.1, 0.15) is 18.0 Å². The Bertz CT molecular complexity index is 1070. The lowest BCUT2D eigenvalue weighted by Gasteiger charge is -2.15. The van der Waals surface area contributed by atoms with Crippen molar-refractivity contribution < 1.29 is 8.42 Å². The third kappa shape index (κ3) is 2.33. The Morgan fingerprint density at radius 3 is 3.08 bits per heavy atom. The fourth-order valence-electron chi connectivity index (χ4n) is 3.38. The van der Waals surface area contributed by atoms with Crippen LogP contribution in [0.5, 0.6) is 0 Å². The SMILES string of the molecule is N#CCS(=O)(=O)N1CCC(c2nccc3cnc4[nH]ccc4c23)C1. The van der Waals surface area contributed by atoms with Crippen molar-refractivity contribution in [3.05, 3.63) is 36.4 Å². The third-order valence-electron chi connectivity index (χ3n) is 4.52. The molecule has 8 heteroatoms. The molecule has 1 aliphatic rings. The number of aromatic amines is 1. The quantitative estimate of drug-likeness (QED) is 0.782. The van der Waals surface area contributed by atoms with E-state index in [4.69, 9.17) is 5.26 Å². The Morgan fingerprint density at radius 1 is 1.38 bits per heavy atom. The molecule has 1 fully saturated rings. The smallest absolute Gasteiger partial charge is 0.227 e. The number of hydrogen-bond donors (Lipinski definition) is 1. The van der Waals surface area contributed by atoms with Gasteiger partial charge in [-0.25, -0.2) is 17.7 Å². The van der Waals surface area contributed by atoms with Crippen LogP contribution in [-0.4, -0.2) is 46.5 Å². The van der Waals surface area contributed by atoms with Gasteiger partial charge in [-0.2, -0.15) is 5.26 Å². The van der Waals surface area contributed by atoms with E-state index in [2.05, 4.69) is 15.0 Å². The predicted octanol–water partition coefficient (Wildman–Crippen LogP) is 1.75. The molecular weight excluding hydrogens is 326 g/mol. The maximum Gasteiger partial charge on any atom is 0.227 e. The maximum absolute atomic E-state index is 12.1. The summed E-state index contributed by atoms with van der Waals surface area (Å²) in [5.74, 6) is -0.461. The molecule has 0 radical (unpaired) electrons. The van der Waals surface area contributed by atoms with Crippen LogP contribution in [0.15, 0.2) is 30.7 Å². The molecule has 1 N–H and O–H groups in total. The van der Waals surface area contributed by atoms with Crippen LogP contribution in [0.3, 0.4) is 0 Å². The number of nitrogens with one attached hydrogen (secondary N) is 1. The summed E-state index contributed by atoms with van der Waals surface area (Å²) in [7, 11) is -3.51. The minimum absolute atomic E-state index is 0.0164. The summed E-state index contributed by atoms with van der Waals surface area (Å²) in [6, 6.07) is 5.61. The fourth-order valence-corrected chi connectivity index (χ4v) is 4.52. The average Bonchev–Trinajstić information content (AvgIpc) is 3.23. The van der Waals surface area contributed by atoms with E-state index < -0.39 is 15.8 Å². The van der Waals surface area contributed by atoms with Crippen molar-refractivity contribution in [2.75, 3.05) is 18.8 Å². The van der Waals surface area contributed by atoms with E-state index in [0.717, 1.165) is 27.5 Å². The van der Waals surface area contributed by atoms with E-state index in [1.165, 1.54) is 4.31 Å². The van der Waals surface area contributed by atoms with Crippen LogP contribution in [0.2, 0.25) is 0 Å². The maximum atomic E-state index is 12.1. The molecule has 0 saturated carbocycles. The highest BCUT2D eigenvalue weighted by Crippen LogP contribution is 2.34. The highest BCUT2D eigenvalue weighted by molar-refractivity contribution is 7.89. The molecule has 1 saturated heterocycles. The molecule has 1 aliphatic heterocycles. The molecule has 0 aliphatic carbocycles. The molecule has 1 atom stereocenters. The second kappa shape index (κ2) is 5.54. The van der Waals surface area contributed by atoms with Gasteiger partial charge in [-0.1, -0.05) is 0 Å². The zero-order valence-corrected chi connectivity index (χ0v) is 13.6. The summed E-state index contributed by atoms with van der Waals surface area (Å²) in [5, 5.41) is 11.7. The molecule has 0 bridgehead atoms. The molecule has 122 valence electrons.